The normalized spacial score (nSPS) is 33.2. The fraction of sp³-hybridized carbons (Fsp3) is 1.00. The van der Waals surface area contributed by atoms with Crippen molar-refractivity contribution in [1.82, 2.24) is 20.0 Å². The Morgan fingerprint density at radius 2 is 1.44 bits per heavy atom. The van der Waals surface area contributed by atoms with Crippen LogP contribution in [-0.4, -0.2) is 86.7 Å². The molecular weight excluding hydrogens is 224 g/mol. The van der Waals surface area contributed by atoms with Gasteiger partial charge in [0.05, 0.1) is 0 Å². The first-order chi connectivity index (χ1) is 8.88. The zero-order valence-corrected chi connectivity index (χ0v) is 12.0. The van der Waals surface area contributed by atoms with E-state index in [2.05, 4.69) is 26.9 Å². The average Bonchev–Trinajstić information content (AvgIpc) is 2.42. The van der Waals surface area contributed by atoms with Gasteiger partial charge in [0.2, 0.25) is 0 Å². The maximum atomic E-state index is 3.57. The predicted molar refractivity (Wildman–Crippen MR) is 77.1 cm³/mol. The van der Waals surface area contributed by atoms with Crippen molar-refractivity contribution in [3.05, 3.63) is 0 Å². The van der Waals surface area contributed by atoms with Gasteiger partial charge in [0.1, 0.15) is 0 Å². The Kier molecular flexibility index (Phi) is 6.41. The SMILES string of the molecule is CCN1CCCN2CCNCCCN(CC1)CC2. The van der Waals surface area contributed by atoms with Gasteiger partial charge in [0, 0.05) is 39.3 Å². The molecule has 2 atom stereocenters. The van der Waals surface area contributed by atoms with Crippen molar-refractivity contribution in [2.24, 2.45) is 0 Å². The minimum Gasteiger partial charge on any atom is -0.315 e. The smallest absolute Gasteiger partial charge is 0.0110 e. The van der Waals surface area contributed by atoms with Crippen molar-refractivity contribution in [3.63, 3.8) is 0 Å². The predicted octanol–water partition coefficient (Wildman–Crippen LogP) is 0.309. The van der Waals surface area contributed by atoms with Crippen LogP contribution in [0.3, 0.4) is 0 Å². The Labute approximate surface area is 112 Å². The van der Waals surface area contributed by atoms with Crippen LogP contribution in [0.25, 0.3) is 0 Å². The maximum absolute atomic E-state index is 3.57. The van der Waals surface area contributed by atoms with E-state index in [1.807, 2.05) is 0 Å². The van der Waals surface area contributed by atoms with Crippen molar-refractivity contribution >= 4 is 0 Å². The van der Waals surface area contributed by atoms with Crippen LogP contribution in [0.5, 0.6) is 0 Å². The lowest BCUT2D eigenvalue weighted by atomic mass is 10.2. The van der Waals surface area contributed by atoms with Crippen molar-refractivity contribution in [3.8, 4) is 0 Å². The van der Waals surface area contributed by atoms with Crippen LogP contribution in [0.15, 0.2) is 0 Å². The Bertz CT molecular complexity index is 220. The second kappa shape index (κ2) is 8.10. The van der Waals surface area contributed by atoms with E-state index in [1.165, 1.54) is 78.3 Å². The molecule has 18 heavy (non-hydrogen) atoms. The van der Waals surface area contributed by atoms with Gasteiger partial charge in [-0.15, -0.1) is 0 Å². The van der Waals surface area contributed by atoms with E-state index in [0.29, 0.717) is 0 Å². The third-order valence-electron chi connectivity index (χ3n) is 4.29. The average molecular weight is 254 g/mol. The number of hydrogen-bond acceptors (Lipinski definition) is 4. The van der Waals surface area contributed by atoms with Crippen LogP contribution in [0.1, 0.15) is 19.8 Å². The summed E-state index contributed by atoms with van der Waals surface area (Å²) in [6.45, 7) is 15.9. The van der Waals surface area contributed by atoms with Crippen LogP contribution < -0.4 is 5.32 Å². The molecule has 2 unspecified atom stereocenters. The molecule has 0 saturated carbocycles. The fourth-order valence-corrected chi connectivity index (χ4v) is 2.97. The molecule has 0 aromatic carbocycles. The van der Waals surface area contributed by atoms with Crippen molar-refractivity contribution in [1.29, 1.82) is 0 Å². The zero-order chi connectivity index (χ0) is 12.6. The molecule has 2 fully saturated rings. The second-order valence-corrected chi connectivity index (χ2v) is 5.57. The fourth-order valence-electron chi connectivity index (χ4n) is 2.97. The summed E-state index contributed by atoms with van der Waals surface area (Å²) in [6.07, 6.45) is 2.62. The van der Waals surface area contributed by atoms with Gasteiger partial charge in [-0.1, -0.05) is 6.92 Å². The van der Waals surface area contributed by atoms with Crippen molar-refractivity contribution < 1.29 is 0 Å². The molecule has 106 valence electrons. The van der Waals surface area contributed by atoms with E-state index < -0.39 is 0 Å². The first-order valence-electron chi connectivity index (χ1n) is 7.76. The van der Waals surface area contributed by atoms with Crippen LogP contribution in [-0.2, 0) is 0 Å². The van der Waals surface area contributed by atoms with Crippen molar-refractivity contribution in [2.75, 3.05) is 72.0 Å². The van der Waals surface area contributed by atoms with Gasteiger partial charge in [0.15, 0.2) is 0 Å². The van der Waals surface area contributed by atoms with E-state index in [-0.39, 0.29) is 0 Å². The molecule has 1 N–H and O–H groups in total. The Balaban J connectivity index is 1.92. The number of hydrogen-bond donors (Lipinski definition) is 1. The minimum absolute atomic E-state index is 1.16. The summed E-state index contributed by atoms with van der Waals surface area (Å²) in [5.41, 5.74) is 0. The molecule has 2 rings (SSSR count). The summed E-state index contributed by atoms with van der Waals surface area (Å²) in [5, 5.41) is 3.57. The first-order valence-corrected chi connectivity index (χ1v) is 7.76. The highest BCUT2D eigenvalue weighted by Gasteiger charge is 2.14. The molecule has 2 aliphatic rings. The molecule has 0 radical (unpaired) electrons. The number of fused-ring (bicyclic) bond motifs is 3. The third-order valence-corrected chi connectivity index (χ3v) is 4.29. The summed E-state index contributed by atoms with van der Waals surface area (Å²) >= 11 is 0. The highest BCUT2D eigenvalue weighted by Crippen LogP contribution is 2.03. The molecule has 2 bridgehead atoms. The molecule has 4 nitrogen and oxygen atoms in total. The summed E-state index contributed by atoms with van der Waals surface area (Å²) in [5.74, 6) is 0. The monoisotopic (exact) mass is 254 g/mol. The van der Waals surface area contributed by atoms with Crippen LogP contribution in [0.2, 0.25) is 0 Å². The summed E-state index contributed by atoms with van der Waals surface area (Å²) < 4.78 is 0. The highest BCUT2D eigenvalue weighted by atomic mass is 15.2. The van der Waals surface area contributed by atoms with E-state index in [0.717, 1.165) is 6.54 Å². The Morgan fingerprint density at radius 3 is 2.28 bits per heavy atom. The van der Waals surface area contributed by atoms with Crippen molar-refractivity contribution in [2.45, 2.75) is 19.8 Å². The molecule has 0 aromatic rings. The van der Waals surface area contributed by atoms with Gasteiger partial charge < -0.3 is 20.0 Å². The molecule has 0 aromatic heterocycles. The van der Waals surface area contributed by atoms with Crippen LogP contribution in [0, 0.1) is 0 Å². The first kappa shape index (κ1) is 14.3. The summed E-state index contributed by atoms with van der Waals surface area (Å²) in [4.78, 5) is 7.92. The Morgan fingerprint density at radius 1 is 0.722 bits per heavy atom. The van der Waals surface area contributed by atoms with E-state index in [4.69, 9.17) is 0 Å². The van der Waals surface area contributed by atoms with E-state index in [1.54, 1.807) is 0 Å². The zero-order valence-electron chi connectivity index (χ0n) is 12.0. The molecule has 0 aliphatic carbocycles. The quantitative estimate of drug-likeness (QED) is 0.727. The molecular formula is C14H30N4. The Hall–Kier alpha value is -0.160. The minimum atomic E-state index is 1.16. The molecule has 0 amide bonds. The molecule has 2 heterocycles. The molecule has 2 saturated heterocycles. The molecule has 0 spiro atoms. The van der Waals surface area contributed by atoms with Gasteiger partial charge in [-0.3, -0.25) is 0 Å². The van der Waals surface area contributed by atoms with Gasteiger partial charge >= 0.3 is 0 Å². The van der Waals surface area contributed by atoms with E-state index >= 15 is 0 Å². The number of nitrogens with one attached hydrogen (secondary N) is 1. The van der Waals surface area contributed by atoms with Crippen LogP contribution >= 0.6 is 0 Å². The second-order valence-electron chi connectivity index (χ2n) is 5.57. The summed E-state index contributed by atoms with van der Waals surface area (Å²) in [6, 6.07) is 0. The number of rotatable bonds is 1. The number of likely N-dealkylation sites (N-methyl/N-ethyl adjacent to an activating group) is 1. The standard InChI is InChI=1S/C14H30N4/c1-2-16-8-4-9-17-10-6-15-5-3-7-18(12-11-16)14-13-17/h15H,2-14H2,1H3. The molecule has 4 heteroatoms. The lowest BCUT2D eigenvalue weighted by Gasteiger charge is -2.33. The van der Waals surface area contributed by atoms with Crippen LogP contribution in [0.4, 0.5) is 0 Å². The highest BCUT2D eigenvalue weighted by molar-refractivity contribution is 4.72. The van der Waals surface area contributed by atoms with Gasteiger partial charge in [-0.2, -0.15) is 0 Å². The largest absolute Gasteiger partial charge is 0.315 e. The molecule has 2 aliphatic heterocycles. The van der Waals surface area contributed by atoms with Gasteiger partial charge in [-0.25, -0.2) is 0 Å². The van der Waals surface area contributed by atoms with Gasteiger partial charge in [0.25, 0.3) is 0 Å². The number of nitrogens with zero attached hydrogens (tertiary/aromatic N) is 3. The van der Waals surface area contributed by atoms with E-state index in [9.17, 15) is 0 Å². The lowest BCUT2D eigenvalue weighted by molar-refractivity contribution is 0.146. The van der Waals surface area contributed by atoms with Gasteiger partial charge in [-0.05, 0) is 45.6 Å². The third kappa shape index (κ3) is 4.84. The maximum Gasteiger partial charge on any atom is 0.0110 e. The summed E-state index contributed by atoms with van der Waals surface area (Å²) in [7, 11) is 0. The lowest BCUT2D eigenvalue weighted by Crippen LogP contribution is -2.46. The topological polar surface area (TPSA) is 21.8 Å².